The Hall–Kier alpha value is -2.92. The van der Waals surface area contributed by atoms with Gasteiger partial charge in [-0.25, -0.2) is 0 Å². The zero-order valence-corrected chi connectivity index (χ0v) is 12.4. The van der Waals surface area contributed by atoms with Crippen LogP contribution < -0.4 is 4.74 Å². The van der Waals surface area contributed by atoms with Crippen LogP contribution in [0.1, 0.15) is 15.9 Å². The summed E-state index contributed by atoms with van der Waals surface area (Å²) in [5.41, 5.74) is 1.83. The molecule has 0 saturated carbocycles. The molecular formula is C17H10ClNO4. The lowest BCUT2D eigenvalue weighted by Gasteiger charge is -2.02. The summed E-state index contributed by atoms with van der Waals surface area (Å²) in [6.07, 6.45) is 3.32. The number of Topliss-reactive ketones (excluding diaryl/α,β-unsaturated/α-hetero) is 1. The molecule has 0 aliphatic carbocycles. The Balaban J connectivity index is 1.82. The lowest BCUT2D eigenvalue weighted by atomic mass is 10.1. The molecule has 4 rings (SSSR count). The highest BCUT2D eigenvalue weighted by Gasteiger charge is 2.31. The molecule has 2 aromatic carbocycles. The zero-order chi connectivity index (χ0) is 16.1. The molecule has 0 bridgehead atoms. The van der Waals surface area contributed by atoms with Crippen molar-refractivity contribution < 1.29 is 19.7 Å². The lowest BCUT2D eigenvalue weighted by molar-refractivity contribution is 0.101. The standard InChI is InChI=1S/C17H10ClNO4/c18-9-1-3-12-11(6-9)8(7-19-12)5-14-15(21)10-2-4-13(20)16(22)17(10)23-14/h1-7,19-20,22H. The average molecular weight is 328 g/mol. The molecule has 2 heterocycles. The molecule has 0 radical (unpaired) electrons. The fraction of sp³-hybridized carbons (Fsp3) is 0. The number of allylic oxidation sites excluding steroid dienone is 1. The SMILES string of the molecule is O=C1C(=Cc2c[nH]c3ccc(Cl)cc23)Oc2c1ccc(O)c2O. The van der Waals surface area contributed by atoms with Crippen molar-refractivity contribution in [3.05, 3.63) is 58.4 Å². The number of ketones is 1. The molecule has 1 aromatic heterocycles. The average Bonchev–Trinajstić information content (AvgIpc) is 3.06. The third-order valence-electron chi connectivity index (χ3n) is 3.75. The monoisotopic (exact) mass is 327 g/mol. The van der Waals surface area contributed by atoms with Gasteiger partial charge in [-0.3, -0.25) is 4.79 Å². The molecule has 5 nitrogen and oxygen atoms in total. The highest BCUT2D eigenvalue weighted by Crippen LogP contribution is 2.44. The van der Waals surface area contributed by atoms with Gasteiger partial charge in [-0.05, 0) is 36.4 Å². The predicted molar refractivity (Wildman–Crippen MR) is 86.0 cm³/mol. The van der Waals surface area contributed by atoms with Gasteiger partial charge in [-0.15, -0.1) is 0 Å². The number of nitrogens with one attached hydrogen (secondary N) is 1. The van der Waals surface area contributed by atoms with Crippen molar-refractivity contribution in [2.45, 2.75) is 0 Å². The van der Waals surface area contributed by atoms with Gasteiger partial charge < -0.3 is 19.9 Å². The molecule has 23 heavy (non-hydrogen) atoms. The normalized spacial score (nSPS) is 15.2. The Morgan fingerprint density at radius 2 is 2.00 bits per heavy atom. The van der Waals surface area contributed by atoms with E-state index in [1.807, 2.05) is 6.07 Å². The van der Waals surface area contributed by atoms with Crippen LogP contribution in [-0.2, 0) is 0 Å². The van der Waals surface area contributed by atoms with E-state index in [9.17, 15) is 15.0 Å². The number of carbonyl (C=O) groups is 1. The van der Waals surface area contributed by atoms with Crippen molar-refractivity contribution in [3.8, 4) is 17.2 Å². The second-order valence-corrected chi connectivity index (χ2v) is 5.62. The van der Waals surface area contributed by atoms with Crippen LogP contribution in [0.25, 0.3) is 17.0 Å². The number of halogens is 1. The van der Waals surface area contributed by atoms with E-state index < -0.39 is 5.75 Å². The number of aromatic amines is 1. The third kappa shape index (κ3) is 2.05. The Kier molecular flexibility index (Phi) is 2.86. The predicted octanol–water partition coefficient (Wildman–Crippen LogP) is 3.85. The van der Waals surface area contributed by atoms with Crippen LogP contribution in [-0.4, -0.2) is 21.0 Å². The summed E-state index contributed by atoms with van der Waals surface area (Å²) in [7, 11) is 0. The number of ether oxygens (including phenoxy) is 1. The smallest absolute Gasteiger partial charge is 0.232 e. The van der Waals surface area contributed by atoms with Gasteiger partial charge in [0.05, 0.1) is 5.56 Å². The molecule has 0 fully saturated rings. The largest absolute Gasteiger partial charge is 0.504 e. The van der Waals surface area contributed by atoms with Crippen LogP contribution in [0.3, 0.4) is 0 Å². The van der Waals surface area contributed by atoms with Gasteiger partial charge in [0.25, 0.3) is 0 Å². The van der Waals surface area contributed by atoms with Crippen LogP contribution in [0, 0.1) is 0 Å². The molecule has 3 N–H and O–H groups in total. The summed E-state index contributed by atoms with van der Waals surface area (Å²) in [5, 5.41) is 20.8. The molecule has 0 atom stereocenters. The van der Waals surface area contributed by atoms with E-state index in [1.165, 1.54) is 12.1 Å². The van der Waals surface area contributed by atoms with E-state index >= 15 is 0 Å². The maximum atomic E-state index is 12.4. The number of fused-ring (bicyclic) bond motifs is 2. The minimum atomic E-state index is -0.443. The Morgan fingerprint density at radius 3 is 2.83 bits per heavy atom. The van der Waals surface area contributed by atoms with Gasteiger partial charge in [-0.2, -0.15) is 0 Å². The van der Waals surface area contributed by atoms with Crippen LogP contribution in [0.15, 0.2) is 42.3 Å². The van der Waals surface area contributed by atoms with E-state index in [0.29, 0.717) is 5.02 Å². The summed E-state index contributed by atoms with van der Waals surface area (Å²) in [5.74, 6) is -1.09. The second kappa shape index (κ2) is 4.79. The topological polar surface area (TPSA) is 82.6 Å². The fourth-order valence-corrected chi connectivity index (χ4v) is 2.77. The number of phenolic OH excluding ortho intramolecular Hbond substituents is 2. The third-order valence-corrected chi connectivity index (χ3v) is 3.99. The first-order chi connectivity index (χ1) is 11.0. The van der Waals surface area contributed by atoms with Crippen molar-refractivity contribution in [2.24, 2.45) is 0 Å². The summed E-state index contributed by atoms with van der Waals surface area (Å²) >= 11 is 6.01. The molecule has 6 heteroatoms. The van der Waals surface area contributed by atoms with Gasteiger partial charge in [0.1, 0.15) is 0 Å². The number of aromatic nitrogens is 1. The Morgan fingerprint density at radius 1 is 1.17 bits per heavy atom. The lowest BCUT2D eigenvalue weighted by Crippen LogP contribution is -1.97. The summed E-state index contributed by atoms with van der Waals surface area (Å²) in [6, 6.07) is 8.07. The van der Waals surface area contributed by atoms with Crippen molar-refractivity contribution in [2.75, 3.05) is 0 Å². The Bertz CT molecular complexity index is 1000. The number of carbonyl (C=O) groups excluding carboxylic acids is 1. The fourth-order valence-electron chi connectivity index (χ4n) is 2.60. The van der Waals surface area contributed by atoms with Crippen molar-refractivity contribution in [3.63, 3.8) is 0 Å². The van der Waals surface area contributed by atoms with E-state index in [2.05, 4.69) is 4.98 Å². The molecule has 0 unspecified atom stereocenters. The zero-order valence-electron chi connectivity index (χ0n) is 11.6. The molecular weight excluding hydrogens is 318 g/mol. The summed E-state index contributed by atoms with van der Waals surface area (Å²) in [6.45, 7) is 0. The molecule has 0 spiro atoms. The van der Waals surface area contributed by atoms with Crippen molar-refractivity contribution in [1.29, 1.82) is 0 Å². The minimum Gasteiger partial charge on any atom is -0.504 e. The van der Waals surface area contributed by atoms with Gasteiger partial charge in [-0.1, -0.05) is 11.6 Å². The van der Waals surface area contributed by atoms with E-state index in [1.54, 1.807) is 24.4 Å². The van der Waals surface area contributed by atoms with Gasteiger partial charge in [0.15, 0.2) is 17.3 Å². The number of phenols is 2. The van der Waals surface area contributed by atoms with Crippen LogP contribution in [0.5, 0.6) is 17.2 Å². The van der Waals surface area contributed by atoms with Crippen molar-refractivity contribution >= 4 is 34.4 Å². The Labute approximate surface area is 135 Å². The van der Waals surface area contributed by atoms with Crippen LogP contribution in [0.4, 0.5) is 0 Å². The van der Waals surface area contributed by atoms with Crippen LogP contribution in [0.2, 0.25) is 5.02 Å². The number of hydrogen-bond donors (Lipinski definition) is 3. The first kappa shape index (κ1) is 13.7. The van der Waals surface area contributed by atoms with Crippen LogP contribution >= 0.6 is 11.6 Å². The second-order valence-electron chi connectivity index (χ2n) is 5.18. The number of benzene rings is 2. The number of rotatable bonds is 1. The number of aromatic hydroxyl groups is 2. The van der Waals surface area contributed by atoms with Crippen molar-refractivity contribution in [1.82, 2.24) is 4.98 Å². The quantitative estimate of drug-likeness (QED) is 0.468. The highest BCUT2D eigenvalue weighted by molar-refractivity contribution is 6.31. The first-order valence-electron chi connectivity index (χ1n) is 6.80. The minimum absolute atomic E-state index is 0.0286. The molecule has 3 aromatic rings. The molecule has 0 saturated heterocycles. The first-order valence-corrected chi connectivity index (χ1v) is 7.18. The van der Waals surface area contributed by atoms with E-state index in [0.717, 1.165) is 16.5 Å². The molecule has 1 aliphatic rings. The maximum Gasteiger partial charge on any atom is 0.232 e. The molecule has 1 aliphatic heterocycles. The van der Waals surface area contributed by atoms with Gasteiger partial charge >= 0.3 is 0 Å². The highest BCUT2D eigenvalue weighted by atomic mass is 35.5. The molecule has 114 valence electrons. The maximum absolute atomic E-state index is 12.4. The van der Waals surface area contributed by atoms with E-state index in [-0.39, 0.29) is 28.6 Å². The van der Waals surface area contributed by atoms with E-state index in [4.69, 9.17) is 16.3 Å². The number of H-pyrrole nitrogens is 1. The van der Waals surface area contributed by atoms with Gasteiger partial charge in [0, 0.05) is 27.7 Å². The molecule has 0 amide bonds. The summed E-state index contributed by atoms with van der Waals surface area (Å²) in [4.78, 5) is 15.5. The van der Waals surface area contributed by atoms with Gasteiger partial charge in [0.2, 0.25) is 11.5 Å². The number of hydrogen-bond acceptors (Lipinski definition) is 4. The summed E-state index contributed by atoms with van der Waals surface area (Å²) < 4.78 is 5.44.